The van der Waals surface area contributed by atoms with Crippen molar-refractivity contribution < 1.29 is 13.9 Å². The summed E-state index contributed by atoms with van der Waals surface area (Å²) in [6.45, 7) is 4.02. The summed E-state index contributed by atoms with van der Waals surface area (Å²) in [5.74, 6) is 0.811. The van der Waals surface area contributed by atoms with Gasteiger partial charge in [0.15, 0.2) is 11.5 Å². The summed E-state index contributed by atoms with van der Waals surface area (Å²) in [7, 11) is 1.61. The van der Waals surface area contributed by atoms with E-state index in [1.807, 2.05) is 18.2 Å². The lowest BCUT2D eigenvalue weighted by atomic mass is 10.0. The molecule has 0 bridgehead atoms. The van der Waals surface area contributed by atoms with E-state index < -0.39 is 0 Å². The highest BCUT2D eigenvalue weighted by Crippen LogP contribution is 2.30. The number of hydrogen-bond acceptors (Lipinski definition) is 4. The van der Waals surface area contributed by atoms with E-state index in [4.69, 9.17) is 21.1 Å². The summed E-state index contributed by atoms with van der Waals surface area (Å²) < 4.78 is 25.3. The maximum absolute atomic E-state index is 14.0. The number of hydrogen-bond donors (Lipinski definition) is 1. The van der Waals surface area contributed by atoms with E-state index in [0.29, 0.717) is 28.1 Å². The second-order valence-corrected chi connectivity index (χ2v) is 8.80. The molecular weight excluding hydrogens is 439 g/mol. The van der Waals surface area contributed by atoms with Crippen LogP contribution in [-0.4, -0.2) is 31.1 Å². The lowest BCUT2D eigenvalue weighted by Gasteiger charge is -2.32. The second kappa shape index (κ2) is 11.5. The highest BCUT2D eigenvalue weighted by Gasteiger charge is 2.19. The molecule has 174 valence electrons. The Morgan fingerprint density at radius 3 is 2.48 bits per heavy atom. The first-order chi connectivity index (χ1) is 16.1. The number of ether oxygens (including phenoxy) is 2. The molecular formula is C27H30ClFN2O2. The Balaban J connectivity index is 1.27. The fourth-order valence-corrected chi connectivity index (χ4v) is 4.38. The maximum atomic E-state index is 14.0. The summed E-state index contributed by atoms with van der Waals surface area (Å²) >= 11 is 6.10. The molecule has 1 heterocycles. The Morgan fingerprint density at radius 2 is 1.76 bits per heavy atom. The Kier molecular flexibility index (Phi) is 8.21. The largest absolute Gasteiger partial charge is 0.493 e. The van der Waals surface area contributed by atoms with Crippen LogP contribution in [0.15, 0.2) is 66.7 Å². The van der Waals surface area contributed by atoms with Crippen LogP contribution in [0.25, 0.3) is 0 Å². The molecule has 0 atom stereocenters. The van der Waals surface area contributed by atoms with Gasteiger partial charge in [0.25, 0.3) is 0 Å². The maximum Gasteiger partial charge on any atom is 0.161 e. The van der Waals surface area contributed by atoms with Crippen LogP contribution < -0.4 is 14.8 Å². The molecule has 1 fully saturated rings. The highest BCUT2D eigenvalue weighted by atomic mass is 35.5. The number of benzene rings is 3. The van der Waals surface area contributed by atoms with Gasteiger partial charge < -0.3 is 14.8 Å². The van der Waals surface area contributed by atoms with E-state index in [1.165, 1.54) is 11.6 Å². The summed E-state index contributed by atoms with van der Waals surface area (Å²) in [6.07, 6.45) is 2.27. The van der Waals surface area contributed by atoms with Crippen molar-refractivity contribution in [3.8, 4) is 11.5 Å². The van der Waals surface area contributed by atoms with E-state index >= 15 is 0 Å². The molecule has 3 aromatic carbocycles. The van der Waals surface area contributed by atoms with Crippen molar-refractivity contribution in [1.82, 2.24) is 10.2 Å². The molecule has 0 aliphatic carbocycles. The molecule has 3 aromatic rings. The Labute approximate surface area is 200 Å². The van der Waals surface area contributed by atoms with E-state index in [9.17, 15) is 4.39 Å². The van der Waals surface area contributed by atoms with Crippen molar-refractivity contribution in [1.29, 1.82) is 0 Å². The molecule has 0 saturated carbocycles. The van der Waals surface area contributed by atoms with Gasteiger partial charge in [-0.3, -0.25) is 4.90 Å². The normalized spacial score (nSPS) is 14.9. The minimum absolute atomic E-state index is 0.0427. The number of nitrogens with zero attached hydrogens (tertiary/aromatic N) is 1. The van der Waals surface area contributed by atoms with Crippen molar-refractivity contribution in [3.05, 3.63) is 94.3 Å². The van der Waals surface area contributed by atoms with E-state index in [1.54, 1.807) is 19.2 Å². The van der Waals surface area contributed by atoms with Crippen LogP contribution in [0, 0.1) is 5.82 Å². The Bertz CT molecular complexity index is 1020. The third kappa shape index (κ3) is 6.47. The first kappa shape index (κ1) is 23.6. The van der Waals surface area contributed by atoms with Crippen LogP contribution in [0.4, 0.5) is 4.39 Å². The molecule has 1 aliphatic heterocycles. The van der Waals surface area contributed by atoms with E-state index in [2.05, 4.69) is 40.5 Å². The standard InChI is InChI=1S/C27H30ClFN2O2/c1-32-27-16-21(10-11-26(27)33-19-23-24(28)8-5-9-25(23)29)17-30-22-12-14-31(15-13-22)18-20-6-3-2-4-7-20/h2-11,16,22,30H,12-15,17-19H2,1H3. The van der Waals surface area contributed by atoms with Crippen LogP contribution in [0.3, 0.4) is 0 Å². The average molecular weight is 469 g/mol. The molecule has 4 rings (SSSR count). The quantitative estimate of drug-likeness (QED) is 0.429. The molecule has 6 heteroatoms. The average Bonchev–Trinajstić information content (AvgIpc) is 2.84. The van der Waals surface area contributed by atoms with Crippen molar-refractivity contribution in [2.24, 2.45) is 0 Å². The molecule has 0 spiro atoms. The van der Waals surface area contributed by atoms with Crippen molar-refractivity contribution >= 4 is 11.6 Å². The summed E-state index contributed by atoms with van der Waals surface area (Å²) in [5, 5.41) is 4.03. The molecule has 1 saturated heterocycles. The highest BCUT2D eigenvalue weighted by molar-refractivity contribution is 6.31. The van der Waals surface area contributed by atoms with Gasteiger partial charge in [-0.15, -0.1) is 0 Å². The number of piperidine rings is 1. The van der Waals surface area contributed by atoms with Crippen LogP contribution >= 0.6 is 11.6 Å². The molecule has 0 aromatic heterocycles. The monoisotopic (exact) mass is 468 g/mol. The van der Waals surface area contributed by atoms with Crippen LogP contribution in [0.1, 0.15) is 29.5 Å². The lowest BCUT2D eigenvalue weighted by molar-refractivity contribution is 0.190. The zero-order valence-corrected chi connectivity index (χ0v) is 19.7. The van der Waals surface area contributed by atoms with Gasteiger partial charge in [0.2, 0.25) is 0 Å². The predicted molar refractivity (Wildman–Crippen MR) is 130 cm³/mol. The van der Waals surface area contributed by atoms with Crippen molar-refractivity contribution in [3.63, 3.8) is 0 Å². The minimum Gasteiger partial charge on any atom is -0.493 e. The molecule has 1 aliphatic rings. The van der Waals surface area contributed by atoms with Gasteiger partial charge >= 0.3 is 0 Å². The second-order valence-electron chi connectivity index (χ2n) is 8.39. The van der Waals surface area contributed by atoms with Crippen molar-refractivity contribution in [2.45, 2.75) is 38.6 Å². The predicted octanol–water partition coefficient (Wildman–Crippen LogP) is 5.82. The zero-order valence-electron chi connectivity index (χ0n) is 18.9. The van der Waals surface area contributed by atoms with E-state index in [-0.39, 0.29) is 12.4 Å². The molecule has 4 nitrogen and oxygen atoms in total. The third-order valence-electron chi connectivity index (χ3n) is 6.09. The van der Waals surface area contributed by atoms with Crippen molar-refractivity contribution in [2.75, 3.05) is 20.2 Å². The van der Waals surface area contributed by atoms with Gasteiger partial charge in [-0.1, -0.05) is 54.1 Å². The minimum atomic E-state index is -0.378. The molecule has 0 unspecified atom stereocenters. The third-order valence-corrected chi connectivity index (χ3v) is 6.45. The number of methoxy groups -OCH3 is 1. The number of halogens is 2. The first-order valence-corrected chi connectivity index (χ1v) is 11.7. The molecule has 33 heavy (non-hydrogen) atoms. The van der Waals surface area contributed by atoms with Gasteiger partial charge in [-0.05, 0) is 61.3 Å². The fourth-order valence-electron chi connectivity index (χ4n) is 4.16. The molecule has 0 radical (unpaired) electrons. The van der Waals surface area contributed by atoms with Crippen LogP contribution in [0.5, 0.6) is 11.5 Å². The van der Waals surface area contributed by atoms with Gasteiger partial charge in [-0.25, -0.2) is 4.39 Å². The SMILES string of the molecule is COc1cc(CNC2CCN(Cc3ccccc3)CC2)ccc1OCc1c(F)cccc1Cl. The molecule has 0 amide bonds. The number of rotatable bonds is 9. The summed E-state index contributed by atoms with van der Waals surface area (Å²) in [5.41, 5.74) is 2.83. The first-order valence-electron chi connectivity index (χ1n) is 11.3. The lowest BCUT2D eigenvalue weighted by Crippen LogP contribution is -2.41. The Hall–Kier alpha value is -2.60. The fraction of sp³-hybridized carbons (Fsp3) is 0.333. The smallest absolute Gasteiger partial charge is 0.161 e. The number of nitrogens with one attached hydrogen (secondary N) is 1. The zero-order chi connectivity index (χ0) is 23.0. The van der Waals surface area contributed by atoms with E-state index in [0.717, 1.165) is 44.6 Å². The number of likely N-dealkylation sites (tertiary alicyclic amines) is 1. The van der Waals surface area contributed by atoms with Crippen LogP contribution in [0.2, 0.25) is 5.02 Å². The van der Waals surface area contributed by atoms with Gasteiger partial charge in [0.1, 0.15) is 12.4 Å². The summed E-state index contributed by atoms with van der Waals surface area (Å²) in [4.78, 5) is 2.52. The van der Waals surface area contributed by atoms with Gasteiger partial charge in [0.05, 0.1) is 12.1 Å². The van der Waals surface area contributed by atoms with Crippen LogP contribution in [-0.2, 0) is 19.7 Å². The summed E-state index contributed by atoms with van der Waals surface area (Å²) in [6, 6.07) is 21.6. The topological polar surface area (TPSA) is 33.7 Å². The van der Waals surface area contributed by atoms with Gasteiger partial charge in [0, 0.05) is 24.7 Å². The Morgan fingerprint density at radius 1 is 0.970 bits per heavy atom. The molecule has 1 N–H and O–H groups in total. The van der Waals surface area contributed by atoms with Gasteiger partial charge in [-0.2, -0.15) is 0 Å².